The molecule has 3 rings (SSSR count). The number of aromatic nitrogens is 5. The van der Waals surface area contributed by atoms with Crippen LogP contribution in [0.5, 0.6) is 0 Å². The molecular formula is C16H16BrN5. The molecule has 0 spiro atoms. The van der Waals surface area contributed by atoms with Crippen LogP contribution in [0.4, 0.5) is 0 Å². The molecule has 0 aliphatic heterocycles. The van der Waals surface area contributed by atoms with E-state index in [1.165, 1.54) is 5.56 Å². The summed E-state index contributed by atoms with van der Waals surface area (Å²) >= 11 is 3.47. The minimum Gasteiger partial charge on any atom is -0.264 e. The van der Waals surface area contributed by atoms with E-state index in [1.807, 2.05) is 30.3 Å². The van der Waals surface area contributed by atoms with Gasteiger partial charge in [-0.1, -0.05) is 41.9 Å². The zero-order chi connectivity index (χ0) is 15.5. The van der Waals surface area contributed by atoms with Crippen molar-refractivity contribution in [2.24, 2.45) is 0 Å². The van der Waals surface area contributed by atoms with Crippen LogP contribution < -0.4 is 0 Å². The molecule has 0 atom stereocenters. The van der Waals surface area contributed by atoms with Crippen molar-refractivity contribution >= 4 is 15.9 Å². The summed E-state index contributed by atoms with van der Waals surface area (Å²) in [5.41, 5.74) is 3.24. The fourth-order valence-corrected chi connectivity index (χ4v) is 2.76. The van der Waals surface area contributed by atoms with Crippen molar-refractivity contribution in [1.82, 2.24) is 25.2 Å². The summed E-state index contributed by atoms with van der Waals surface area (Å²) in [7, 11) is 0. The number of hydrogen-bond acceptors (Lipinski definition) is 4. The second kappa shape index (κ2) is 6.36. The van der Waals surface area contributed by atoms with Gasteiger partial charge in [0, 0.05) is 22.4 Å². The Morgan fingerprint density at radius 3 is 2.86 bits per heavy atom. The summed E-state index contributed by atoms with van der Waals surface area (Å²) in [5.74, 6) is 1.00. The van der Waals surface area contributed by atoms with E-state index >= 15 is 0 Å². The van der Waals surface area contributed by atoms with Gasteiger partial charge in [0.1, 0.15) is 0 Å². The van der Waals surface area contributed by atoms with E-state index in [4.69, 9.17) is 0 Å². The van der Waals surface area contributed by atoms with Gasteiger partial charge in [-0.25, -0.2) is 0 Å². The van der Waals surface area contributed by atoms with Crippen molar-refractivity contribution in [3.8, 4) is 11.4 Å². The van der Waals surface area contributed by atoms with Gasteiger partial charge in [0.2, 0.25) is 5.82 Å². The molecule has 1 aromatic carbocycles. The maximum atomic E-state index is 4.49. The molecule has 0 saturated carbocycles. The lowest BCUT2D eigenvalue weighted by molar-refractivity contribution is 0.572. The highest BCUT2D eigenvalue weighted by molar-refractivity contribution is 9.10. The first-order chi connectivity index (χ1) is 10.6. The molecule has 2 heterocycles. The molecular weight excluding hydrogens is 342 g/mol. The molecule has 3 aromatic rings. The minimum atomic E-state index is 0.384. The van der Waals surface area contributed by atoms with Crippen LogP contribution in [0.25, 0.3) is 11.4 Å². The number of pyridine rings is 1. The van der Waals surface area contributed by atoms with Gasteiger partial charge in [0.15, 0.2) is 0 Å². The Labute approximate surface area is 137 Å². The Hall–Kier alpha value is -2.08. The highest BCUT2D eigenvalue weighted by Crippen LogP contribution is 2.25. The lowest BCUT2D eigenvalue weighted by Gasteiger charge is -2.08. The highest BCUT2D eigenvalue weighted by Gasteiger charge is 2.13. The van der Waals surface area contributed by atoms with Crippen molar-refractivity contribution in [3.63, 3.8) is 0 Å². The standard InChI is InChI=1S/C16H16BrN5/c1-11(2)14-6-7-18-9-15(14)16-19-21-22(20-16)10-12-4-3-5-13(17)8-12/h3-9,11H,10H2,1-2H3. The third-order valence-corrected chi connectivity index (χ3v) is 3.88. The third kappa shape index (κ3) is 3.22. The molecule has 0 N–H and O–H groups in total. The quantitative estimate of drug-likeness (QED) is 0.714. The van der Waals surface area contributed by atoms with Gasteiger partial charge < -0.3 is 0 Å². The van der Waals surface area contributed by atoms with Crippen LogP contribution in [-0.2, 0) is 6.54 Å². The van der Waals surface area contributed by atoms with E-state index in [1.54, 1.807) is 17.2 Å². The molecule has 0 aliphatic rings. The van der Waals surface area contributed by atoms with Gasteiger partial charge in [0.05, 0.1) is 6.54 Å². The number of halogens is 1. The molecule has 0 fully saturated rings. The zero-order valence-corrected chi connectivity index (χ0v) is 14.0. The molecule has 6 heteroatoms. The topological polar surface area (TPSA) is 56.5 Å². The maximum absolute atomic E-state index is 4.49. The van der Waals surface area contributed by atoms with E-state index in [2.05, 4.69) is 50.2 Å². The van der Waals surface area contributed by atoms with Crippen molar-refractivity contribution in [1.29, 1.82) is 0 Å². The van der Waals surface area contributed by atoms with E-state index < -0.39 is 0 Å². The van der Waals surface area contributed by atoms with Gasteiger partial charge in [-0.2, -0.15) is 4.80 Å². The van der Waals surface area contributed by atoms with Gasteiger partial charge in [-0.15, -0.1) is 10.2 Å². The summed E-state index contributed by atoms with van der Waals surface area (Å²) < 4.78 is 1.04. The number of tetrazole rings is 1. The van der Waals surface area contributed by atoms with Gasteiger partial charge >= 0.3 is 0 Å². The molecule has 0 amide bonds. The first kappa shape index (κ1) is 14.8. The lowest BCUT2D eigenvalue weighted by atomic mass is 9.99. The number of benzene rings is 1. The highest BCUT2D eigenvalue weighted by atomic mass is 79.9. The summed E-state index contributed by atoms with van der Waals surface area (Å²) in [5, 5.41) is 12.8. The van der Waals surface area contributed by atoms with E-state index in [-0.39, 0.29) is 0 Å². The molecule has 5 nitrogen and oxygen atoms in total. The molecule has 0 aliphatic carbocycles. The fourth-order valence-electron chi connectivity index (χ4n) is 2.31. The molecule has 0 bridgehead atoms. The Morgan fingerprint density at radius 2 is 2.09 bits per heavy atom. The Morgan fingerprint density at radius 1 is 1.23 bits per heavy atom. The average Bonchev–Trinajstić information content (AvgIpc) is 2.95. The SMILES string of the molecule is CC(C)c1ccncc1-c1nnn(Cc2cccc(Br)c2)n1. The van der Waals surface area contributed by atoms with E-state index in [0.29, 0.717) is 18.3 Å². The molecule has 0 radical (unpaired) electrons. The van der Waals surface area contributed by atoms with Gasteiger partial charge in [0.25, 0.3) is 0 Å². The van der Waals surface area contributed by atoms with Crippen LogP contribution in [0.15, 0.2) is 47.2 Å². The number of hydrogen-bond donors (Lipinski definition) is 0. The van der Waals surface area contributed by atoms with Crippen LogP contribution in [-0.4, -0.2) is 25.2 Å². The van der Waals surface area contributed by atoms with Crippen molar-refractivity contribution in [2.45, 2.75) is 26.3 Å². The molecule has 2 aromatic heterocycles. The predicted octanol–water partition coefficient (Wildman–Crippen LogP) is 3.67. The minimum absolute atomic E-state index is 0.384. The monoisotopic (exact) mass is 357 g/mol. The predicted molar refractivity (Wildman–Crippen MR) is 88.4 cm³/mol. The number of nitrogens with zero attached hydrogens (tertiary/aromatic N) is 5. The normalized spacial score (nSPS) is 11.1. The number of rotatable bonds is 4. The second-order valence-corrected chi connectivity index (χ2v) is 6.31. The lowest BCUT2D eigenvalue weighted by Crippen LogP contribution is -2.04. The second-order valence-electron chi connectivity index (χ2n) is 5.39. The van der Waals surface area contributed by atoms with E-state index in [0.717, 1.165) is 15.6 Å². The Bertz CT molecular complexity index is 781. The van der Waals surface area contributed by atoms with Crippen molar-refractivity contribution < 1.29 is 0 Å². The van der Waals surface area contributed by atoms with Crippen LogP contribution in [0, 0.1) is 0 Å². The smallest absolute Gasteiger partial charge is 0.206 e. The van der Waals surface area contributed by atoms with Crippen LogP contribution in [0.2, 0.25) is 0 Å². The fraction of sp³-hybridized carbons (Fsp3) is 0.250. The van der Waals surface area contributed by atoms with Crippen LogP contribution in [0.3, 0.4) is 0 Å². The molecule has 22 heavy (non-hydrogen) atoms. The van der Waals surface area contributed by atoms with Crippen LogP contribution >= 0.6 is 15.9 Å². The summed E-state index contributed by atoms with van der Waals surface area (Å²) in [6.07, 6.45) is 3.60. The van der Waals surface area contributed by atoms with Crippen molar-refractivity contribution in [2.75, 3.05) is 0 Å². The largest absolute Gasteiger partial charge is 0.264 e. The zero-order valence-electron chi connectivity index (χ0n) is 12.4. The first-order valence-electron chi connectivity index (χ1n) is 7.10. The third-order valence-electron chi connectivity index (χ3n) is 3.38. The Balaban J connectivity index is 1.88. The van der Waals surface area contributed by atoms with Gasteiger partial charge in [-0.3, -0.25) is 4.98 Å². The first-order valence-corrected chi connectivity index (χ1v) is 7.89. The molecule has 112 valence electrons. The molecule has 0 unspecified atom stereocenters. The summed E-state index contributed by atoms with van der Waals surface area (Å²) in [4.78, 5) is 5.79. The van der Waals surface area contributed by atoms with Gasteiger partial charge in [-0.05, 0) is 40.5 Å². The Kier molecular flexibility index (Phi) is 4.29. The van der Waals surface area contributed by atoms with Crippen LogP contribution in [0.1, 0.15) is 30.9 Å². The maximum Gasteiger partial charge on any atom is 0.206 e. The van der Waals surface area contributed by atoms with E-state index in [9.17, 15) is 0 Å². The molecule has 0 saturated heterocycles. The summed E-state index contributed by atoms with van der Waals surface area (Å²) in [6.45, 7) is 4.87. The summed E-state index contributed by atoms with van der Waals surface area (Å²) in [6, 6.07) is 10.1. The average molecular weight is 358 g/mol. The van der Waals surface area contributed by atoms with Crippen molar-refractivity contribution in [3.05, 3.63) is 58.3 Å².